The van der Waals surface area contributed by atoms with Gasteiger partial charge in [0.25, 0.3) is 5.91 Å². The third kappa shape index (κ3) is 7.54. The number of aryl methyl sites for hydroxylation is 1. The molecule has 2 aromatic rings. The van der Waals surface area contributed by atoms with Gasteiger partial charge in [-0.2, -0.15) is 4.99 Å². The summed E-state index contributed by atoms with van der Waals surface area (Å²) in [6, 6.07) is 10.3. The maximum Gasteiger partial charge on any atom is 0.436 e. The van der Waals surface area contributed by atoms with E-state index in [0.717, 1.165) is 63.0 Å². The van der Waals surface area contributed by atoms with Crippen molar-refractivity contribution in [1.82, 2.24) is 9.80 Å². The van der Waals surface area contributed by atoms with Crippen LogP contribution in [0, 0.1) is 6.92 Å². The van der Waals surface area contributed by atoms with Crippen molar-refractivity contribution in [3.8, 4) is 11.5 Å². The lowest BCUT2D eigenvalue weighted by atomic mass is 10.1. The van der Waals surface area contributed by atoms with Crippen LogP contribution in [-0.4, -0.2) is 98.4 Å². The standard InChI is InChI=1S/C36H44N6O5/c1-26-12-15-31(33(22-26)47-21-9-7-10-29(25-43)41-18-16-39(3)17-19-41)40(4)35(44)28-13-14-30(32(23-28)46-5)38-36(45)42-20-8-6-11-34(42)37-27(2)24-42/h6,8,11-15,20,22-25,29H,7,9-10,16-19,21H2,1-5H3/p+1. The number of carbonyl (C=O) groups excluding carboxylic acids is 3. The maximum atomic E-state index is 13.7. The number of hydrogen-bond donors (Lipinski definition) is 1. The van der Waals surface area contributed by atoms with E-state index in [1.807, 2.05) is 50.3 Å². The van der Waals surface area contributed by atoms with Crippen LogP contribution in [0.15, 0.2) is 77.7 Å². The van der Waals surface area contributed by atoms with Gasteiger partial charge in [-0.25, -0.2) is 4.79 Å². The summed E-state index contributed by atoms with van der Waals surface area (Å²) in [6.45, 7) is 8.09. The van der Waals surface area contributed by atoms with Crippen LogP contribution in [0.4, 0.5) is 16.2 Å². The summed E-state index contributed by atoms with van der Waals surface area (Å²) < 4.78 is 11.6. The van der Waals surface area contributed by atoms with Crippen molar-refractivity contribution in [3.63, 3.8) is 0 Å². The van der Waals surface area contributed by atoms with Gasteiger partial charge in [0.05, 0.1) is 36.8 Å². The SMILES string of the molecule is COc1cc(C(=O)N(C)c2ccc(C)cc2OCCCCC(C=O)N2CCN(C)CC2)ccc1NC(=O)[N+]12C=CC=CC1=NC(C)=C2. The summed E-state index contributed by atoms with van der Waals surface area (Å²) >= 11 is 0. The lowest BCUT2D eigenvalue weighted by Crippen LogP contribution is -2.49. The molecule has 11 heteroatoms. The van der Waals surface area contributed by atoms with Crippen LogP contribution in [0.5, 0.6) is 11.5 Å². The summed E-state index contributed by atoms with van der Waals surface area (Å²) in [6.07, 6.45) is 12.5. The topological polar surface area (TPSA) is 104 Å². The molecule has 47 heavy (non-hydrogen) atoms. The molecule has 1 fully saturated rings. The number of piperazine rings is 1. The number of likely N-dealkylation sites (N-methyl/N-ethyl adjacent to an activating group) is 1. The van der Waals surface area contributed by atoms with Gasteiger partial charge in [-0.05, 0) is 88.2 Å². The average molecular weight is 642 g/mol. The first kappa shape index (κ1) is 33.8. The second-order valence-electron chi connectivity index (χ2n) is 12.3. The Labute approximate surface area is 277 Å². The van der Waals surface area contributed by atoms with Crippen molar-refractivity contribution in [2.24, 2.45) is 4.99 Å². The smallest absolute Gasteiger partial charge is 0.436 e. The molecule has 0 radical (unpaired) electrons. The Bertz CT molecular complexity index is 1620. The van der Waals surface area contributed by atoms with E-state index in [-0.39, 0.29) is 22.5 Å². The molecule has 3 aliphatic heterocycles. The Morgan fingerprint density at radius 1 is 1.06 bits per heavy atom. The van der Waals surface area contributed by atoms with E-state index in [2.05, 4.69) is 27.2 Å². The largest absolute Gasteiger partial charge is 0.495 e. The average Bonchev–Trinajstić information content (AvgIpc) is 3.43. The third-order valence-corrected chi connectivity index (χ3v) is 8.86. The number of amides is 3. The number of nitrogens with one attached hydrogen (secondary N) is 1. The zero-order chi connectivity index (χ0) is 33.6. The highest BCUT2D eigenvalue weighted by Crippen LogP contribution is 2.33. The van der Waals surface area contributed by atoms with Crippen LogP contribution in [0.25, 0.3) is 0 Å². The number of methoxy groups -OCH3 is 1. The number of fused-ring (bicyclic) bond motifs is 1. The molecule has 0 aromatic heterocycles. The molecule has 3 heterocycles. The number of rotatable bonds is 12. The molecule has 0 spiro atoms. The number of aliphatic imine (C=N–C) groups is 1. The molecule has 11 nitrogen and oxygen atoms in total. The van der Waals surface area contributed by atoms with E-state index < -0.39 is 0 Å². The lowest BCUT2D eigenvalue weighted by molar-refractivity contribution is -0.632. The number of urea groups is 1. The van der Waals surface area contributed by atoms with Crippen LogP contribution in [-0.2, 0) is 4.79 Å². The van der Waals surface area contributed by atoms with Crippen molar-refractivity contribution >= 4 is 35.4 Å². The number of allylic oxidation sites excluding steroid dienone is 3. The van der Waals surface area contributed by atoms with Gasteiger partial charge in [-0.3, -0.25) is 15.0 Å². The van der Waals surface area contributed by atoms with Crippen molar-refractivity contribution in [1.29, 1.82) is 0 Å². The molecule has 0 saturated carbocycles. The molecule has 0 bridgehead atoms. The van der Waals surface area contributed by atoms with Gasteiger partial charge in [0.2, 0.25) is 5.84 Å². The summed E-state index contributed by atoms with van der Waals surface area (Å²) in [5, 5.41) is 2.95. The molecular weight excluding hydrogens is 596 g/mol. The van der Waals surface area contributed by atoms with E-state index in [1.165, 1.54) is 7.11 Å². The fourth-order valence-corrected chi connectivity index (χ4v) is 6.07. The minimum absolute atomic E-state index is 0.0613. The van der Waals surface area contributed by atoms with E-state index >= 15 is 0 Å². The van der Waals surface area contributed by atoms with Crippen molar-refractivity contribution < 1.29 is 28.3 Å². The zero-order valence-electron chi connectivity index (χ0n) is 27.9. The Balaban J connectivity index is 1.22. The van der Waals surface area contributed by atoms with Gasteiger partial charge in [0, 0.05) is 44.9 Å². The highest BCUT2D eigenvalue weighted by molar-refractivity contribution is 6.08. The van der Waals surface area contributed by atoms with E-state index in [9.17, 15) is 14.4 Å². The van der Waals surface area contributed by atoms with Crippen LogP contribution < -0.4 is 19.7 Å². The summed E-state index contributed by atoms with van der Waals surface area (Å²) in [7, 11) is 5.32. The van der Waals surface area contributed by atoms with E-state index in [0.29, 0.717) is 40.9 Å². The highest BCUT2D eigenvalue weighted by atomic mass is 16.5. The van der Waals surface area contributed by atoms with Gasteiger partial charge >= 0.3 is 6.03 Å². The predicted octanol–water partition coefficient (Wildman–Crippen LogP) is 5.35. The van der Waals surface area contributed by atoms with Crippen LogP contribution in [0.3, 0.4) is 0 Å². The Kier molecular flexibility index (Phi) is 10.7. The predicted molar refractivity (Wildman–Crippen MR) is 184 cm³/mol. The number of aldehydes is 1. The quantitative estimate of drug-likeness (QED) is 0.189. The molecule has 248 valence electrons. The van der Waals surface area contributed by atoms with Crippen LogP contribution in [0.2, 0.25) is 0 Å². The normalized spacial score (nSPS) is 19.8. The summed E-state index contributed by atoms with van der Waals surface area (Å²) in [5.41, 5.74) is 3.24. The van der Waals surface area contributed by atoms with E-state index in [1.54, 1.807) is 42.5 Å². The fourth-order valence-electron chi connectivity index (χ4n) is 6.07. The summed E-state index contributed by atoms with van der Waals surface area (Å²) in [5.74, 6) is 1.32. The molecule has 0 aliphatic carbocycles. The fraction of sp³-hybridized carbons (Fsp3) is 0.389. The second kappa shape index (κ2) is 14.9. The number of anilines is 2. The first-order chi connectivity index (χ1) is 22.6. The number of ether oxygens (including phenoxy) is 2. The number of nitrogens with zero attached hydrogens (tertiary/aromatic N) is 5. The van der Waals surface area contributed by atoms with E-state index in [4.69, 9.17) is 9.47 Å². The molecule has 3 aliphatic rings. The van der Waals surface area contributed by atoms with Gasteiger partial charge in [0.1, 0.15) is 30.2 Å². The van der Waals surface area contributed by atoms with Crippen molar-refractivity contribution in [2.75, 3.05) is 64.2 Å². The van der Waals surface area contributed by atoms with Crippen LogP contribution >= 0.6 is 0 Å². The first-order valence-corrected chi connectivity index (χ1v) is 16.1. The second-order valence-corrected chi connectivity index (χ2v) is 12.3. The number of carbonyl (C=O) groups is 3. The molecular formula is C36H45N6O5+. The van der Waals surface area contributed by atoms with Crippen molar-refractivity contribution in [3.05, 3.63) is 83.9 Å². The number of amidine groups is 1. The number of quaternary nitrogens is 1. The molecule has 2 unspecified atom stereocenters. The van der Waals surface area contributed by atoms with Gasteiger partial charge in [0.15, 0.2) is 0 Å². The molecule has 1 N–H and O–H groups in total. The van der Waals surface area contributed by atoms with Gasteiger partial charge in [-0.1, -0.05) is 6.07 Å². The highest BCUT2D eigenvalue weighted by Gasteiger charge is 2.44. The van der Waals surface area contributed by atoms with Gasteiger partial charge in [-0.15, -0.1) is 4.48 Å². The van der Waals surface area contributed by atoms with Gasteiger partial charge < -0.3 is 24.1 Å². The molecule has 2 atom stereocenters. The maximum absolute atomic E-state index is 13.7. The monoisotopic (exact) mass is 641 g/mol. The third-order valence-electron chi connectivity index (χ3n) is 8.86. The molecule has 1 saturated heterocycles. The Morgan fingerprint density at radius 2 is 1.85 bits per heavy atom. The number of unbranched alkanes of at least 4 members (excludes halogenated alkanes) is 1. The molecule has 3 amide bonds. The minimum Gasteiger partial charge on any atom is -0.495 e. The minimum atomic E-state index is -0.321. The van der Waals surface area contributed by atoms with Crippen LogP contribution in [0.1, 0.15) is 42.1 Å². The Hall–Kier alpha value is -4.58. The van der Waals surface area contributed by atoms with Crippen molar-refractivity contribution in [2.45, 2.75) is 39.2 Å². The first-order valence-electron chi connectivity index (χ1n) is 16.1. The Morgan fingerprint density at radius 3 is 2.60 bits per heavy atom. The number of benzene rings is 2. The summed E-state index contributed by atoms with van der Waals surface area (Å²) in [4.78, 5) is 49.6. The molecule has 2 aromatic carbocycles. The zero-order valence-corrected chi connectivity index (χ0v) is 27.9. The number of hydrogen-bond acceptors (Lipinski definition) is 8. The lowest BCUT2D eigenvalue weighted by Gasteiger charge is -2.35. The molecule has 5 rings (SSSR count).